The van der Waals surface area contributed by atoms with E-state index in [-0.39, 0.29) is 5.91 Å². The van der Waals surface area contributed by atoms with Crippen LogP contribution in [0.3, 0.4) is 0 Å². The lowest BCUT2D eigenvalue weighted by Gasteiger charge is -2.07. The third kappa shape index (κ3) is 3.62. The monoisotopic (exact) mass is 221 g/mol. The van der Waals surface area contributed by atoms with Crippen LogP contribution < -0.4 is 10.6 Å². The van der Waals surface area contributed by atoms with Crippen molar-refractivity contribution in [2.24, 2.45) is 0 Å². The number of carbonyl (C=O) groups is 1. The number of aryl methyl sites for hydroxylation is 2. The van der Waals surface area contributed by atoms with Gasteiger partial charge in [0.15, 0.2) is 0 Å². The summed E-state index contributed by atoms with van der Waals surface area (Å²) >= 11 is 0. The number of hydrogen-bond acceptors (Lipinski definition) is 3. The predicted molar refractivity (Wildman–Crippen MR) is 64.6 cm³/mol. The summed E-state index contributed by atoms with van der Waals surface area (Å²) in [5, 5.41) is 5.91. The Morgan fingerprint density at radius 2 is 2.06 bits per heavy atom. The molecule has 0 radical (unpaired) electrons. The second kappa shape index (κ2) is 6.23. The third-order valence-electron chi connectivity index (χ3n) is 2.36. The van der Waals surface area contributed by atoms with Gasteiger partial charge in [-0.05, 0) is 46.0 Å². The molecule has 0 aliphatic heterocycles. The van der Waals surface area contributed by atoms with Crippen molar-refractivity contribution in [1.29, 1.82) is 0 Å². The number of carbonyl (C=O) groups excluding carboxylic acids is 1. The summed E-state index contributed by atoms with van der Waals surface area (Å²) in [5.41, 5.74) is 2.38. The molecule has 4 nitrogen and oxygen atoms in total. The molecule has 1 rings (SSSR count). The van der Waals surface area contributed by atoms with E-state index in [0.29, 0.717) is 12.1 Å². The summed E-state index contributed by atoms with van der Waals surface area (Å²) in [6.07, 6.45) is 0.931. The summed E-state index contributed by atoms with van der Waals surface area (Å²) in [7, 11) is 1.90. The van der Waals surface area contributed by atoms with Gasteiger partial charge in [-0.2, -0.15) is 0 Å². The highest BCUT2D eigenvalue weighted by Crippen LogP contribution is 2.05. The van der Waals surface area contributed by atoms with Crippen LogP contribution in [-0.2, 0) is 0 Å². The Bertz CT molecular complexity index is 363. The van der Waals surface area contributed by atoms with Crippen LogP contribution in [0.15, 0.2) is 12.1 Å². The van der Waals surface area contributed by atoms with Crippen LogP contribution >= 0.6 is 0 Å². The van der Waals surface area contributed by atoms with Crippen molar-refractivity contribution in [1.82, 2.24) is 15.6 Å². The van der Waals surface area contributed by atoms with Crippen molar-refractivity contribution in [3.05, 3.63) is 29.1 Å². The van der Waals surface area contributed by atoms with Gasteiger partial charge in [-0.25, -0.2) is 0 Å². The number of aromatic nitrogens is 1. The average molecular weight is 221 g/mol. The Morgan fingerprint density at radius 3 is 2.69 bits per heavy atom. The first-order chi connectivity index (χ1) is 7.65. The second-order valence-electron chi connectivity index (χ2n) is 3.80. The molecule has 0 spiro atoms. The van der Waals surface area contributed by atoms with E-state index in [1.54, 1.807) is 0 Å². The van der Waals surface area contributed by atoms with Crippen LogP contribution in [-0.4, -0.2) is 31.0 Å². The first kappa shape index (κ1) is 12.6. The predicted octanol–water partition coefficient (Wildman–Crippen LogP) is 1.04. The second-order valence-corrected chi connectivity index (χ2v) is 3.80. The SMILES string of the molecule is CNCCCNC(=O)c1ccc(C)nc1C. The Labute approximate surface area is 96.5 Å². The summed E-state index contributed by atoms with van der Waals surface area (Å²) in [4.78, 5) is 16.0. The number of amides is 1. The number of nitrogens with one attached hydrogen (secondary N) is 2. The van der Waals surface area contributed by atoms with Crippen LogP contribution in [0.25, 0.3) is 0 Å². The zero-order valence-corrected chi connectivity index (χ0v) is 10.1. The largest absolute Gasteiger partial charge is 0.352 e. The summed E-state index contributed by atoms with van der Waals surface area (Å²) in [6, 6.07) is 3.68. The summed E-state index contributed by atoms with van der Waals surface area (Å²) < 4.78 is 0. The van der Waals surface area contributed by atoms with Crippen molar-refractivity contribution in [2.75, 3.05) is 20.1 Å². The quantitative estimate of drug-likeness (QED) is 0.730. The Balaban J connectivity index is 2.53. The van der Waals surface area contributed by atoms with E-state index in [4.69, 9.17) is 0 Å². The minimum absolute atomic E-state index is 0.0406. The molecule has 1 amide bonds. The molecule has 0 fully saturated rings. The summed E-state index contributed by atoms with van der Waals surface area (Å²) in [5.74, 6) is -0.0406. The molecule has 88 valence electrons. The highest BCUT2D eigenvalue weighted by Gasteiger charge is 2.08. The van der Waals surface area contributed by atoms with Crippen LogP contribution in [0.4, 0.5) is 0 Å². The van der Waals surface area contributed by atoms with E-state index in [9.17, 15) is 4.79 Å². The molecule has 2 N–H and O–H groups in total. The smallest absolute Gasteiger partial charge is 0.253 e. The van der Waals surface area contributed by atoms with Crippen LogP contribution in [0.2, 0.25) is 0 Å². The Hall–Kier alpha value is -1.42. The third-order valence-corrected chi connectivity index (χ3v) is 2.36. The molecule has 0 saturated heterocycles. The van der Waals surface area contributed by atoms with E-state index >= 15 is 0 Å². The average Bonchev–Trinajstić information content (AvgIpc) is 2.24. The molecular weight excluding hydrogens is 202 g/mol. The zero-order chi connectivity index (χ0) is 12.0. The lowest BCUT2D eigenvalue weighted by molar-refractivity contribution is 0.0952. The van der Waals surface area contributed by atoms with Crippen LogP contribution in [0, 0.1) is 13.8 Å². The first-order valence-corrected chi connectivity index (χ1v) is 5.52. The van der Waals surface area contributed by atoms with Gasteiger partial charge < -0.3 is 10.6 Å². The van der Waals surface area contributed by atoms with Gasteiger partial charge in [0.2, 0.25) is 0 Å². The van der Waals surface area contributed by atoms with Crippen LogP contribution in [0.1, 0.15) is 28.2 Å². The van der Waals surface area contributed by atoms with E-state index in [1.165, 1.54) is 0 Å². The number of nitrogens with zero attached hydrogens (tertiary/aromatic N) is 1. The lowest BCUT2D eigenvalue weighted by atomic mass is 10.1. The van der Waals surface area contributed by atoms with Gasteiger partial charge in [0.1, 0.15) is 0 Å². The Morgan fingerprint density at radius 1 is 1.31 bits per heavy atom. The minimum Gasteiger partial charge on any atom is -0.352 e. The zero-order valence-electron chi connectivity index (χ0n) is 10.1. The maximum atomic E-state index is 11.8. The molecule has 0 bridgehead atoms. The standard InChI is InChI=1S/C12H19N3O/c1-9-5-6-11(10(2)15-9)12(16)14-8-4-7-13-3/h5-6,13H,4,7-8H2,1-3H3,(H,14,16). The molecule has 0 unspecified atom stereocenters. The molecule has 0 atom stereocenters. The normalized spacial score (nSPS) is 10.2. The molecule has 0 saturated carbocycles. The molecule has 1 aromatic heterocycles. The maximum Gasteiger partial charge on any atom is 0.253 e. The first-order valence-electron chi connectivity index (χ1n) is 5.52. The fourth-order valence-corrected chi connectivity index (χ4v) is 1.49. The number of rotatable bonds is 5. The van der Waals surface area contributed by atoms with E-state index in [0.717, 1.165) is 24.4 Å². The molecular formula is C12H19N3O. The molecule has 0 aliphatic carbocycles. The van der Waals surface area contributed by atoms with Crippen molar-refractivity contribution in [3.63, 3.8) is 0 Å². The summed E-state index contributed by atoms with van der Waals surface area (Å²) in [6.45, 7) is 5.37. The topological polar surface area (TPSA) is 54.0 Å². The molecule has 0 aliphatic rings. The van der Waals surface area contributed by atoms with Gasteiger partial charge in [-0.1, -0.05) is 0 Å². The number of hydrogen-bond donors (Lipinski definition) is 2. The minimum atomic E-state index is -0.0406. The maximum absolute atomic E-state index is 11.8. The van der Waals surface area contributed by atoms with Crippen molar-refractivity contribution >= 4 is 5.91 Å². The van der Waals surface area contributed by atoms with E-state index in [1.807, 2.05) is 33.0 Å². The molecule has 1 aromatic rings. The highest BCUT2D eigenvalue weighted by atomic mass is 16.1. The fraction of sp³-hybridized carbons (Fsp3) is 0.500. The van der Waals surface area contributed by atoms with Gasteiger partial charge in [0.25, 0.3) is 5.91 Å². The molecule has 0 aromatic carbocycles. The van der Waals surface area contributed by atoms with Gasteiger partial charge in [-0.15, -0.1) is 0 Å². The van der Waals surface area contributed by atoms with E-state index in [2.05, 4.69) is 15.6 Å². The van der Waals surface area contributed by atoms with Gasteiger partial charge in [0.05, 0.1) is 11.3 Å². The Kier molecular flexibility index (Phi) is 4.92. The van der Waals surface area contributed by atoms with Crippen molar-refractivity contribution in [3.8, 4) is 0 Å². The highest BCUT2D eigenvalue weighted by molar-refractivity contribution is 5.95. The molecule has 4 heteroatoms. The fourth-order valence-electron chi connectivity index (χ4n) is 1.49. The van der Waals surface area contributed by atoms with Crippen LogP contribution in [0.5, 0.6) is 0 Å². The van der Waals surface area contributed by atoms with Crippen molar-refractivity contribution in [2.45, 2.75) is 20.3 Å². The van der Waals surface area contributed by atoms with Crippen molar-refractivity contribution < 1.29 is 4.79 Å². The van der Waals surface area contributed by atoms with Gasteiger partial charge >= 0.3 is 0 Å². The lowest BCUT2D eigenvalue weighted by Crippen LogP contribution is -2.27. The molecule has 16 heavy (non-hydrogen) atoms. The van der Waals surface area contributed by atoms with Gasteiger partial charge in [-0.3, -0.25) is 9.78 Å². The van der Waals surface area contributed by atoms with E-state index < -0.39 is 0 Å². The number of pyridine rings is 1. The van der Waals surface area contributed by atoms with Gasteiger partial charge in [0, 0.05) is 12.2 Å². The molecule has 1 heterocycles.